The molecule has 2 aliphatic rings. The Kier molecular flexibility index (Phi) is 7.69. The Balaban J connectivity index is 1.68. The molecule has 7 heteroatoms. The molecule has 2 aliphatic heterocycles. The first kappa shape index (κ1) is 21.5. The van der Waals surface area contributed by atoms with Crippen molar-refractivity contribution >= 4 is 27.8 Å². The summed E-state index contributed by atoms with van der Waals surface area (Å²) in [5, 5.41) is 3.42. The second kappa shape index (κ2) is 10.0. The topological polar surface area (TPSA) is 67.3 Å². The van der Waals surface area contributed by atoms with Crippen LogP contribution in [0.2, 0.25) is 0 Å². The van der Waals surface area contributed by atoms with Gasteiger partial charge >= 0.3 is 5.97 Å². The van der Waals surface area contributed by atoms with Gasteiger partial charge in [0.1, 0.15) is 0 Å². The summed E-state index contributed by atoms with van der Waals surface area (Å²) < 4.78 is 6.98. The zero-order valence-electron chi connectivity index (χ0n) is 16.8. The molecule has 2 atom stereocenters. The SMILES string of the molecule is [CH2]CCCCCC(CC)C(=O)OC1N(c2ncc(Br)cn2)CC12CCNCC2. The van der Waals surface area contributed by atoms with Gasteiger partial charge in [-0.05, 0) is 54.7 Å². The molecule has 0 bridgehead atoms. The van der Waals surface area contributed by atoms with Crippen LogP contribution < -0.4 is 10.2 Å². The molecular weight excluding hydrogens is 420 g/mol. The van der Waals surface area contributed by atoms with E-state index in [0.29, 0.717) is 5.95 Å². The summed E-state index contributed by atoms with van der Waals surface area (Å²) in [7, 11) is 0. The van der Waals surface area contributed by atoms with Crippen LogP contribution in [0.5, 0.6) is 0 Å². The molecule has 0 saturated carbocycles. The van der Waals surface area contributed by atoms with E-state index in [1.54, 1.807) is 12.4 Å². The normalized spacial score (nSPS) is 22.0. The van der Waals surface area contributed by atoms with E-state index in [4.69, 9.17) is 4.74 Å². The molecule has 2 fully saturated rings. The van der Waals surface area contributed by atoms with Crippen molar-refractivity contribution in [3.63, 3.8) is 0 Å². The Morgan fingerprint density at radius 1 is 1.36 bits per heavy atom. The van der Waals surface area contributed by atoms with Gasteiger partial charge in [0.2, 0.25) is 5.95 Å². The molecule has 0 aromatic carbocycles. The molecule has 3 rings (SSSR count). The van der Waals surface area contributed by atoms with Crippen LogP contribution in [0.4, 0.5) is 5.95 Å². The van der Waals surface area contributed by atoms with Crippen molar-refractivity contribution in [3.05, 3.63) is 23.8 Å². The first-order valence-corrected chi connectivity index (χ1v) is 11.3. The second-order valence-corrected chi connectivity index (χ2v) is 8.95. The van der Waals surface area contributed by atoms with E-state index < -0.39 is 0 Å². The molecule has 28 heavy (non-hydrogen) atoms. The van der Waals surface area contributed by atoms with E-state index in [2.05, 4.69) is 45.1 Å². The number of halogens is 1. The quantitative estimate of drug-likeness (QED) is 0.449. The van der Waals surface area contributed by atoms with Gasteiger partial charge in [0, 0.05) is 24.4 Å². The molecule has 1 aromatic rings. The minimum absolute atomic E-state index is 0.0174. The third kappa shape index (κ3) is 4.85. The van der Waals surface area contributed by atoms with Crippen molar-refractivity contribution in [1.29, 1.82) is 0 Å². The molecule has 155 valence electrons. The van der Waals surface area contributed by atoms with Crippen molar-refractivity contribution in [3.8, 4) is 0 Å². The van der Waals surface area contributed by atoms with Crippen LogP contribution in [0.3, 0.4) is 0 Å². The zero-order valence-corrected chi connectivity index (χ0v) is 18.4. The van der Waals surface area contributed by atoms with E-state index in [-0.39, 0.29) is 23.5 Å². The number of carbonyl (C=O) groups is 1. The zero-order chi connectivity index (χ0) is 20.0. The maximum atomic E-state index is 13.0. The minimum atomic E-state index is -0.267. The highest BCUT2D eigenvalue weighted by atomic mass is 79.9. The fourth-order valence-electron chi connectivity index (χ4n) is 4.31. The van der Waals surface area contributed by atoms with Crippen molar-refractivity contribution in [2.75, 3.05) is 24.5 Å². The predicted octanol–water partition coefficient (Wildman–Crippen LogP) is 4.11. The Labute approximate surface area is 177 Å². The van der Waals surface area contributed by atoms with E-state index in [1.807, 2.05) is 4.90 Å². The summed E-state index contributed by atoms with van der Waals surface area (Å²) >= 11 is 3.38. The summed E-state index contributed by atoms with van der Waals surface area (Å²) in [5.41, 5.74) is 0.0174. The highest BCUT2D eigenvalue weighted by molar-refractivity contribution is 9.10. The van der Waals surface area contributed by atoms with E-state index >= 15 is 0 Å². The lowest BCUT2D eigenvalue weighted by Crippen LogP contribution is -2.69. The Hall–Kier alpha value is -1.21. The number of anilines is 1. The molecule has 3 heterocycles. The lowest BCUT2D eigenvalue weighted by molar-refractivity contribution is -0.173. The van der Waals surface area contributed by atoms with Crippen molar-refractivity contribution in [1.82, 2.24) is 15.3 Å². The largest absolute Gasteiger partial charge is 0.441 e. The molecular formula is C21H32BrN4O2. The van der Waals surface area contributed by atoms with Gasteiger partial charge in [0.15, 0.2) is 6.23 Å². The van der Waals surface area contributed by atoms with E-state index in [1.165, 1.54) is 0 Å². The fourth-order valence-corrected chi connectivity index (χ4v) is 4.51. The third-order valence-electron chi connectivity index (χ3n) is 6.11. The van der Waals surface area contributed by atoms with Crippen LogP contribution >= 0.6 is 15.9 Å². The number of hydrogen-bond acceptors (Lipinski definition) is 6. The van der Waals surface area contributed by atoms with Gasteiger partial charge in [-0.3, -0.25) is 4.79 Å². The van der Waals surface area contributed by atoms with Crippen molar-refractivity contribution < 1.29 is 9.53 Å². The molecule has 2 saturated heterocycles. The average molecular weight is 452 g/mol. The molecule has 0 amide bonds. The van der Waals surface area contributed by atoms with Gasteiger partial charge in [-0.25, -0.2) is 9.97 Å². The predicted molar refractivity (Wildman–Crippen MR) is 114 cm³/mol. The number of esters is 1. The number of unbranched alkanes of at least 4 members (excludes halogenated alkanes) is 3. The summed E-state index contributed by atoms with van der Waals surface area (Å²) in [6.45, 7) is 8.73. The van der Waals surface area contributed by atoms with Crippen molar-refractivity contribution in [2.24, 2.45) is 11.3 Å². The fraction of sp³-hybridized carbons (Fsp3) is 0.714. The van der Waals surface area contributed by atoms with Crippen LogP contribution in [0.15, 0.2) is 16.9 Å². The molecule has 1 spiro atoms. The monoisotopic (exact) mass is 451 g/mol. The van der Waals surface area contributed by atoms with Gasteiger partial charge in [0.05, 0.1) is 10.4 Å². The highest BCUT2D eigenvalue weighted by Gasteiger charge is 2.56. The van der Waals surface area contributed by atoms with Gasteiger partial charge < -0.3 is 15.0 Å². The lowest BCUT2D eigenvalue weighted by atomic mass is 9.70. The summed E-state index contributed by atoms with van der Waals surface area (Å²) in [6, 6.07) is 0. The van der Waals surface area contributed by atoms with Crippen LogP contribution in [0, 0.1) is 18.3 Å². The maximum absolute atomic E-state index is 13.0. The number of ether oxygens (including phenoxy) is 1. The third-order valence-corrected chi connectivity index (χ3v) is 6.52. The molecule has 0 aliphatic carbocycles. The molecule has 1 aromatic heterocycles. The van der Waals surface area contributed by atoms with Crippen LogP contribution in [0.1, 0.15) is 58.3 Å². The first-order valence-electron chi connectivity index (χ1n) is 10.5. The van der Waals surface area contributed by atoms with E-state index in [0.717, 1.165) is 75.5 Å². The molecule has 6 nitrogen and oxygen atoms in total. The summed E-state index contributed by atoms with van der Waals surface area (Å²) in [4.78, 5) is 23.9. The lowest BCUT2D eigenvalue weighted by Gasteiger charge is -2.57. The van der Waals surface area contributed by atoms with Crippen LogP contribution in [-0.2, 0) is 9.53 Å². The Morgan fingerprint density at radius 2 is 2.07 bits per heavy atom. The number of hydrogen-bond donors (Lipinski definition) is 1. The Morgan fingerprint density at radius 3 is 2.71 bits per heavy atom. The van der Waals surface area contributed by atoms with E-state index in [9.17, 15) is 4.79 Å². The minimum Gasteiger partial charge on any atom is -0.441 e. The standard InChI is InChI=1S/C21H32BrN4O2/c1-3-5-6-7-8-16(4-2)18(27)28-19-21(9-11-23-12-10-21)15-26(19)20-24-13-17(22)14-25-20/h13-14,16,19,23H,1,3-12,15H2,2H3. The van der Waals surface area contributed by atoms with Gasteiger partial charge in [-0.15, -0.1) is 0 Å². The van der Waals surface area contributed by atoms with Gasteiger partial charge in [-0.1, -0.05) is 39.5 Å². The number of aromatic nitrogens is 2. The molecule has 2 unspecified atom stereocenters. The molecule has 1 radical (unpaired) electrons. The summed E-state index contributed by atoms with van der Waals surface area (Å²) in [6.07, 6.45) is 11.2. The summed E-state index contributed by atoms with van der Waals surface area (Å²) in [5.74, 6) is 0.535. The smallest absolute Gasteiger partial charge is 0.310 e. The Bertz CT molecular complexity index is 634. The average Bonchev–Trinajstić information content (AvgIpc) is 2.72. The van der Waals surface area contributed by atoms with Crippen molar-refractivity contribution in [2.45, 2.75) is 64.5 Å². The van der Waals surface area contributed by atoms with Gasteiger partial charge in [0.25, 0.3) is 0 Å². The number of piperidine rings is 1. The van der Waals surface area contributed by atoms with Gasteiger partial charge in [-0.2, -0.15) is 0 Å². The first-order chi connectivity index (χ1) is 13.6. The second-order valence-electron chi connectivity index (χ2n) is 8.04. The number of nitrogens with zero attached hydrogens (tertiary/aromatic N) is 3. The van der Waals surface area contributed by atoms with Crippen LogP contribution in [0.25, 0.3) is 0 Å². The number of carbonyl (C=O) groups excluding carboxylic acids is 1. The maximum Gasteiger partial charge on any atom is 0.310 e. The van der Waals surface area contributed by atoms with Crippen LogP contribution in [-0.4, -0.2) is 41.8 Å². The number of rotatable bonds is 9. The molecule has 1 N–H and O–H groups in total. The number of nitrogens with one attached hydrogen (secondary N) is 1. The highest BCUT2D eigenvalue weighted by Crippen LogP contribution is 2.47.